The average molecular weight is 291 g/mol. The second-order valence-corrected chi connectivity index (χ2v) is 4.51. The summed E-state index contributed by atoms with van der Waals surface area (Å²) >= 11 is 0. The van der Waals surface area contributed by atoms with Crippen LogP contribution < -0.4 is 15.5 Å². The molecule has 0 saturated carbocycles. The van der Waals surface area contributed by atoms with Crippen LogP contribution in [0.15, 0.2) is 36.9 Å². The fourth-order valence-corrected chi connectivity index (χ4v) is 1.54. The summed E-state index contributed by atoms with van der Waals surface area (Å²) < 4.78 is 4.73. The number of benzene rings is 1. The summed E-state index contributed by atoms with van der Waals surface area (Å²) in [6.45, 7) is 4.23. The lowest BCUT2D eigenvalue weighted by molar-refractivity contribution is 0.0952. The second-order valence-electron chi connectivity index (χ2n) is 4.51. The minimum Gasteiger partial charge on any atom is -0.445 e. The summed E-state index contributed by atoms with van der Waals surface area (Å²) in [6.07, 6.45) is 0.957. The number of rotatable bonds is 7. The van der Waals surface area contributed by atoms with E-state index in [0.29, 0.717) is 18.7 Å². The molecule has 0 unspecified atom stereocenters. The van der Waals surface area contributed by atoms with E-state index in [1.165, 1.54) is 6.08 Å². The van der Waals surface area contributed by atoms with E-state index in [1.54, 1.807) is 12.1 Å². The Bertz CT molecular complexity index is 483. The SMILES string of the molecule is C=CCOC(=O)NCCNC(=O)c1ccc(N(C)C)cc1. The third-order valence-electron chi connectivity index (χ3n) is 2.66. The molecule has 0 saturated heterocycles. The summed E-state index contributed by atoms with van der Waals surface area (Å²) in [5, 5.41) is 5.23. The zero-order chi connectivity index (χ0) is 15.7. The Labute approximate surface area is 124 Å². The van der Waals surface area contributed by atoms with Crippen molar-refractivity contribution in [3.63, 3.8) is 0 Å². The molecule has 6 nitrogen and oxygen atoms in total. The van der Waals surface area contributed by atoms with Crippen LogP contribution in [0.25, 0.3) is 0 Å². The second kappa shape index (κ2) is 8.63. The Hall–Kier alpha value is -2.50. The van der Waals surface area contributed by atoms with Crippen LogP contribution >= 0.6 is 0 Å². The molecular formula is C15H21N3O3. The van der Waals surface area contributed by atoms with Crippen molar-refractivity contribution in [3.8, 4) is 0 Å². The number of nitrogens with zero attached hydrogens (tertiary/aromatic N) is 1. The lowest BCUT2D eigenvalue weighted by Gasteiger charge is -2.12. The molecule has 2 N–H and O–H groups in total. The number of anilines is 1. The number of carbonyl (C=O) groups excluding carboxylic acids is 2. The molecule has 2 amide bonds. The van der Waals surface area contributed by atoms with Gasteiger partial charge < -0.3 is 20.3 Å². The van der Waals surface area contributed by atoms with Crippen LogP contribution in [0.1, 0.15) is 10.4 Å². The molecule has 6 heteroatoms. The highest BCUT2D eigenvalue weighted by Gasteiger charge is 2.05. The summed E-state index contributed by atoms with van der Waals surface area (Å²) in [7, 11) is 3.87. The molecule has 1 aromatic rings. The molecule has 0 bridgehead atoms. The summed E-state index contributed by atoms with van der Waals surface area (Å²) in [4.78, 5) is 24.9. The zero-order valence-electron chi connectivity index (χ0n) is 12.4. The van der Waals surface area contributed by atoms with Gasteiger partial charge in [-0.3, -0.25) is 4.79 Å². The number of hydrogen-bond donors (Lipinski definition) is 2. The van der Waals surface area contributed by atoms with Gasteiger partial charge in [-0.2, -0.15) is 0 Å². The molecule has 1 aromatic carbocycles. The minimum atomic E-state index is -0.528. The van der Waals surface area contributed by atoms with E-state index in [4.69, 9.17) is 4.74 Å². The van der Waals surface area contributed by atoms with Crippen LogP contribution in [-0.4, -0.2) is 45.8 Å². The van der Waals surface area contributed by atoms with Gasteiger partial charge in [0.1, 0.15) is 6.61 Å². The molecule has 0 aliphatic heterocycles. The van der Waals surface area contributed by atoms with E-state index >= 15 is 0 Å². The molecule has 21 heavy (non-hydrogen) atoms. The highest BCUT2D eigenvalue weighted by atomic mass is 16.5. The van der Waals surface area contributed by atoms with Crippen molar-refractivity contribution in [1.29, 1.82) is 0 Å². The molecule has 0 radical (unpaired) electrons. The van der Waals surface area contributed by atoms with Crippen molar-refractivity contribution >= 4 is 17.7 Å². The predicted molar refractivity (Wildman–Crippen MR) is 82.6 cm³/mol. The monoisotopic (exact) mass is 291 g/mol. The first kappa shape index (κ1) is 16.6. The summed E-state index contributed by atoms with van der Waals surface area (Å²) in [5.41, 5.74) is 1.60. The molecule has 0 heterocycles. The van der Waals surface area contributed by atoms with Crippen LogP contribution in [0.4, 0.5) is 10.5 Å². The van der Waals surface area contributed by atoms with Crippen molar-refractivity contribution in [3.05, 3.63) is 42.5 Å². The Balaban J connectivity index is 2.30. The van der Waals surface area contributed by atoms with Crippen LogP contribution in [0.2, 0.25) is 0 Å². The van der Waals surface area contributed by atoms with Gasteiger partial charge in [0, 0.05) is 38.4 Å². The van der Waals surface area contributed by atoms with E-state index in [2.05, 4.69) is 17.2 Å². The van der Waals surface area contributed by atoms with Crippen LogP contribution in [0.3, 0.4) is 0 Å². The van der Waals surface area contributed by atoms with E-state index in [9.17, 15) is 9.59 Å². The highest BCUT2D eigenvalue weighted by Crippen LogP contribution is 2.11. The van der Waals surface area contributed by atoms with Crippen molar-refractivity contribution in [2.24, 2.45) is 0 Å². The maximum absolute atomic E-state index is 11.9. The molecule has 0 aliphatic carbocycles. The number of nitrogens with one attached hydrogen (secondary N) is 2. The summed E-state index contributed by atoms with van der Waals surface area (Å²) in [6, 6.07) is 7.27. The maximum Gasteiger partial charge on any atom is 0.407 e. The van der Waals surface area contributed by atoms with Gasteiger partial charge in [-0.1, -0.05) is 12.7 Å². The maximum atomic E-state index is 11.9. The number of ether oxygens (including phenoxy) is 1. The zero-order valence-corrected chi connectivity index (χ0v) is 12.4. The van der Waals surface area contributed by atoms with Gasteiger partial charge in [0.15, 0.2) is 0 Å². The largest absolute Gasteiger partial charge is 0.445 e. The molecule has 0 atom stereocenters. The van der Waals surface area contributed by atoms with Gasteiger partial charge >= 0.3 is 6.09 Å². The van der Waals surface area contributed by atoms with Crippen molar-refractivity contribution in [1.82, 2.24) is 10.6 Å². The molecule has 1 rings (SSSR count). The van der Waals surface area contributed by atoms with Crippen molar-refractivity contribution in [2.75, 3.05) is 38.7 Å². The van der Waals surface area contributed by atoms with E-state index < -0.39 is 6.09 Å². The number of hydrogen-bond acceptors (Lipinski definition) is 4. The Morgan fingerprint density at radius 3 is 2.38 bits per heavy atom. The van der Waals surface area contributed by atoms with Crippen LogP contribution in [-0.2, 0) is 4.74 Å². The smallest absolute Gasteiger partial charge is 0.407 e. The quantitative estimate of drug-likeness (QED) is 0.588. The lowest BCUT2D eigenvalue weighted by atomic mass is 10.2. The average Bonchev–Trinajstić information content (AvgIpc) is 2.49. The Morgan fingerprint density at radius 1 is 1.19 bits per heavy atom. The number of alkyl carbamates (subject to hydrolysis) is 1. The van der Waals surface area contributed by atoms with Crippen LogP contribution in [0, 0.1) is 0 Å². The molecule has 0 fully saturated rings. The van der Waals surface area contributed by atoms with Gasteiger partial charge in [0.25, 0.3) is 5.91 Å². The molecule has 0 aromatic heterocycles. The predicted octanol–water partition coefficient (Wildman–Crippen LogP) is 1.39. The third-order valence-corrected chi connectivity index (χ3v) is 2.66. The summed E-state index contributed by atoms with van der Waals surface area (Å²) in [5.74, 6) is -0.179. The first-order valence-corrected chi connectivity index (χ1v) is 6.61. The molecule has 0 spiro atoms. The highest BCUT2D eigenvalue weighted by molar-refractivity contribution is 5.94. The molecule has 0 aliphatic rings. The van der Waals surface area contributed by atoms with Crippen LogP contribution in [0.5, 0.6) is 0 Å². The van der Waals surface area contributed by atoms with E-state index in [1.807, 2.05) is 31.1 Å². The first-order chi connectivity index (χ1) is 10.0. The van der Waals surface area contributed by atoms with Gasteiger partial charge in [0.05, 0.1) is 0 Å². The Morgan fingerprint density at radius 2 is 1.81 bits per heavy atom. The van der Waals surface area contributed by atoms with E-state index in [0.717, 1.165) is 5.69 Å². The number of amides is 2. The topological polar surface area (TPSA) is 70.7 Å². The Kier molecular flexibility index (Phi) is 6.80. The fourth-order valence-electron chi connectivity index (χ4n) is 1.54. The third kappa shape index (κ3) is 5.99. The number of carbonyl (C=O) groups is 2. The normalized spacial score (nSPS) is 9.62. The van der Waals surface area contributed by atoms with Crippen molar-refractivity contribution < 1.29 is 14.3 Å². The van der Waals surface area contributed by atoms with Gasteiger partial charge in [-0.15, -0.1) is 0 Å². The minimum absolute atomic E-state index is 0.163. The fraction of sp³-hybridized carbons (Fsp3) is 0.333. The molecular weight excluding hydrogens is 270 g/mol. The van der Waals surface area contributed by atoms with Gasteiger partial charge in [0.2, 0.25) is 0 Å². The van der Waals surface area contributed by atoms with Crippen molar-refractivity contribution in [2.45, 2.75) is 0 Å². The van der Waals surface area contributed by atoms with Gasteiger partial charge in [-0.05, 0) is 24.3 Å². The molecule has 114 valence electrons. The lowest BCUT2D eigenvalue weighted by Crippen LogP contribution is -2.35. The standard InChI is InChI=1S/C15H21N3O3/c1-4-11-21-15(20)17-10-9-16-14(19)12-5-7-13(8-6-12)18(2)3/h4-8H,1,9-11H2,2-3H3,(H,16,19)(H,17,20). The van der Waals surface area contributed by atoms with E-state index in [-0.39, 0.29) is 12.5 Å². The van der Waals surface area contributed by atoms with Gasteiger partial charge in [-0.25, -0.2) is 4.79 Å². The first-order valence-electron chi connectivity index (χ1n) is 6.61.